The van der Waals surface area contributed by atoms with Gasteiger partial charge in [0.15, 0.2) is 34.4 Å². The van der Waals surface area contributed by atoms with E-state index in [2.05, 4.69) is 47.2 Å². The summed E-state index contributed by atoms with van der Waals surface area (Å²) >= 11 is 0. The molecule has 0 spiro atoms. The molecule has 0 radical (unpaired) electrons. The Balaban J connectivity index is 1.43. The fraction of sp³-hybridized carbons (Fsp3) is 0.680. The van der Waals surface area contributed by atoms with E-state index >= 15 is 0 Å². The third-order valence-corrected chi connectivity index (χ3v) is 11.8. The van der Waals surface area contributed by atoms with Crippen molar-refractivity contribution in [1.82, 2.24) is 9.13 Å². The second-order valence-electron chi connectivity index (χ2n) is 16.5. The zero-order chi connectivity index (χ0) is 42.4. The Morgan fingerprint density at radius 3 is 1.07 bits per heavy atom. The summed E-state index contributed by atoms with van der Waals surface area (Å²) in [5, 5.41) is 0. The van der Waals surface area contributed by atoms with Crippen molar-refractivity contribution in [3.8, 4) is 45.5 Å². The van der Waals surface area contributed by atoms with E-state index in [4.69, 9.17) is 28.4 Å². The van der Waals surface area contributed by atoms with Crippen LogP contribution in [0.4, 0.5) is 0 Å². The first-order valence-corrected chi connectivity index (χ1v) is 24.0. The fourth-order valence-corrected chi connectivity index (χ4v) is 8.62. The number of aromatic nitrogens is 2. The number of benzene rings is 1. The Morgan fingerprint density at radius 1 is 0.450 bits per heavy atom. The Labute approximate surface area is 361 Å². The van der Waals surface area contributed by atoms with Gasteiger partial charge in [-0.15, -0.1) is 0 Å². The highest BCUT2D eigenvalue weighted by Gasteiger charge is 2.35. The van der Waals surface area contributed by atoms with Gasteiger partial charge in [-0.1, -0.05) is 154 Å². The summed E-state index contributed by atoms with van der Waals surface area (Å²) in [5.41, 5.74) is 4.30. The van der Waals surface area contributed by atoms with E-state index in [1.54, 1.807) is 0 Å². The molecule has 0 bridgehead atoms. The summed E-state index contributed by atoms with van der Waals surface area (Å²) in [6, 6.07) is 8.31. The number of carbonyl (C=O) groups excluding carboxylic acids is 2. The van der Waals surface area contributed by atoms with Crippen LogP contribution in [-0.4, -0.2) is 60.7 Å². The fourth-order valence-electron chi connectivity index (χ4n) is 8.62. The monoisotopic (exact) mass is 833 g/mol. The highest BCUT2D eigenvalue weighted by atomic mass is 16.6. The predicted octanol–water partition coefficient (Wildman–Crippen LogP) is 13.1. The molecule has 334 valence electrons. The van der Waals surface area contributed by atoms with E-state index in [1.165, 1.54) is 103 Å². The minimum absolute atomic E-state index is 0.268. The minimum Gasteiger partial charge on any atom is -0.487 e. The van der Waals surface area contributed by atoms with Crippen molar-refractivity contribution < 1.29 is 38.0 Å². The van der Waals surface area contributed by atoms with Crippen LogP contribution in [-0.2, 0) is 22.6 Å². The topological polar surface area (TPSA) is 99.4 Å². The van der Waals surface area contributed by atoms with E-state index in [1.807, 2.05) is 13.8 Å². The molecule has 2 aliphatic rings. The third kappa shape index (κ3) is 13.0. The maximum atomic E-state index is 13.7. The van der Waals surface area contributed by atoms with Gasteiger partial charge in [0.1, 0.15) is 0 Å². The molecule has 0 fully saturated rings. The molecule has 2 aliphatic heterocycles. The normalized spacial score (nSPS) is 13.5. The van der Waals surface area contributed by atoms with Crippen molar-refractivity contribution in [3.05, 3.63) is 35.7 Å². The average molecular weight is 833 g/mol. The van der Waals surface area contributed by atoms with Crippen LogP contribution in [0.5, 0.6) is 23.0 Å². The highest BCUT2D eigenvalue weighted by Crippen LogP contribution is 2.48. The summed E-state index contributed by atoms with van der Waals surface area (Å²) < 4.78 is 40.8. The molecule has 2 aromatic heterocycles. The molecule has 3 aromatic rings. The van der Waals surface area contributed by atoms with E-state index in [0.29, 0.717) is 73.9 Å². The second kappa shape index (κ2) is 26.3. The van der Waals surface area contributed by atoms with Crippen LogP contribution in [0.1, 0.15) is 190 Å². The highest BCUT2D eigenvalue weighted by molar-refractivity contribution is 5.97. The molecule has 10 heteroatoms. The Hall–Kier alpha value is -4.08. The molecule has 5 rings (SSSR count). The van der Waals surface area contributed by atoms with Crippen molar-refractivity contribution in [2.24, 2.45) is 0 Å². The summed E-state index contributed by atoms with van der Waals surface area (Å²) in [4.78, 5) is 27.4. The van der Waals surface area contributed by atoms with Gasteiger partial charge < -0.3 is 37.6 Å². The third-order valence-electron chi connectivity index (χ3n) is 11.8. The first kappa shape index (κ1) is 47.0. The van der Waals surface area contributed by atoms with Crippen LogP contribution >= 0.6 is 0 Å². The summed E-state index contributed by atoms with van der Waals surface area (Å²) in [5.74, 6) is 1.33. The van der Waals surface area contributed by atoms with E-state index in [-0.39, 0.29) is 13.2 Å². The maximum Gasteiger partial charge on any atom is 0.359 e. The van der Waals surface area contributed by atoms with Crippen LogP contribution < -0.4 is 18.9 Å². The quantitative estimate of drug-likeness (QED) is 0.0527. The zero-order valence-electron chi connectivity index (χ0n) is 37.7. The molecule has 0 N–H and O–H groups in total. The van der Waals surface area contributed by atoms with Gasteiger partial charge in [-0.05, 0) is 26.7 Å². The number of unbranched alkanes of at least 4 members (excludes halogenated alkanes) is 18. The first-order chi connectivity index (χ1) is 29.5. The van der Waals surface area contributed by atoms with Crippen molar-refractivity contribution in [2.75, 3.05) is 39.6 Å². The number of carbonyl (C=O) groups is 2. The second-order valence-corrected chi connectivity index (χ2v) is 16.5. The van der Waals surface area contributed by atoms with Crippen LogP contribution in [0, 0.1) is 0 Å². The summed E-state index contributed by atoms with van der Waals surface area (Å²) in [6.07, 6.45) is 26.0. The van der Waals surface area contributed by atoms with Crippen molar-refractivity contribution in [1.29, 1.82) is 0 Å². The number of fused-ring (bicyclic) bond motifs is 2. The lowest BCUT2D eigenvalue weighted by Crippen LogP contribution is -2.15. The van der Waals surface area contributed by atoms with Gasteiger partial charge >= 0.3 is 11.9 Å². The molecule has 0 amide bonds. The Kier molecular flexibility index (Phi) is 20.6. The van der Waals surface area contributed by atoms with Crippen molar-refractivity contribution in [2.45, 2.75) is 182 Å². The first-order valence-electron chi connectivity index (χ1n) is 24.0. The van der Waals surface area contributed by atoms with Gasteiger partial charge in [-0.25, -0.2) is 9.59 Å². The lowest BCUT2D eigenvalue weighted by Gasteiger charge is -2.16. The molecule has 0 saturated heterocycles. The molecular weight excluding hydrogens is 757 g/mol. The molecule has 0 aliphatic carbocycles. The molecule has 1 aromatic carbocycles. The summed E-state index contributed by atoms with van der Waals surface area (Å²) in [7, 11) is 0. The smallest absolute Gasteiger partial charge is 0.359 e. The zero-order valence-corrected chi connectivity index (χ0v) is 37.7. The number of hydrogen-bond acceptors (Lipinski definition) is 8. The number of ether oxygens (including phenoxy) is 6. The van der Waals surface area contributed by atoms with Gasteiger partial charge in [-0.2, -0.15) is 0 Å². The van der Waals surface area contributed by atoms with Crippen LogP contribution in [0.3, 0.4) is 0 Å². The molecule has 0 saturated carbocycles. The molecular formula is C50H76N2O8. The number of hydrogen-bond donors (Lipinski definition) is 0. The molecule has 4 heterocycles. The number of rotatable bonds is 28. The van der Waals surface area contributed by atoms with Gasteiger partial charge in [0.2, 0.25) is 0 Å². The Bertz CT molecular complexity index is 1600. The van der Waals surface area contributed by atoms with Gasteiger partial charge in [-0.3, -0.25) is 0 Å². The van der Waals surface area contributed by atoms with Crippen LogP contribution in [0.25, 0.3) is 22.5 Å². The lowest BCUT2D eigenvalue weighted by molar-refractivity contribution is 0.0499. The van der Waals surface area contributed by atoms with Crippen LogP contribution in [0.2, 0.25) is 0 Å². The van der Waals surface area contributed by atoms with Gasteiger partial charge in [0.25, 0.3) is 0 Å². The molecule has 0 unspecified atom stereocenters. The largest absolute Gasteiger partial charge is 0.487 e. The van der Waals surface area contributed by atoms with E-state index < -0.39 is 11.9 Å². The number of esters is 2. The lowest BCUT2D eigenvalue weighted by atomic mass is 10.0. The molecule has 0 atom stereocenters. The number of nitrogens with zero attached hydrogens (tertiary/aromatic N) is 2. The van der Waals surface area contributed by atoms with Crippen molar-refractivity contribution >= 4 is 11.9 Å². The standard InChI is InChI=1S/C50H76N2O8/c1-5-9-11-13-15-17-19-21-23-25-33-51-41(45-47(59-37-27-35-57-45)43(51)49(53)55-7-3)39-29-31-40(32-30-39)42-46-48(60-38-28-36-58-46)44(50(54)56-8-4)52(42)34-26-24-22-20-18-16-14-12-10-6-2/h29-32H,5-28,33-38H2,1-4H3. The average Bonchev–Trinajstić information content (AvgIpc) is 3.44. The van der Waals surface area contributed by atoms with Gasteiger partial charge in [0, 0.05) is 37.1 Å². The SMILES string of the molecule is CCCCCCCCCCCCn1c(C(=O)OCC)c2c(c1-c1ccc(-c3c4c(c(C(=O)OCC)n3CCCCCCCCCCCC)OCCCO4)cc1)OCCCO2. The van der Waals surface area contributed by atoms with E-state index in [9.17, 15) is 9.59 Å². The predicted molar refractivity (Wildman–Crippen MR) is 240 cm³/mol. The summed E-state index contributed by atoms with van der Waals surface area (Å²) in [6.45, 7) is 11.9. The van der Waals surface area contributed by atoms with Crippen molar-refractivity contribution in [3.63, 3.8) is 0 Å². The van der Waals surface area contributed by atoms with Gasteiger partial charge in [0.05, 0.1) is 51.0 Å². The minimum atomic E-state index is -0.398. The molecule has 60 heavy (non-hydrogen) atoms. The maximum absolute atomic E-state index is 13.7. The van der Waals surface area contributed by atoms with Crippen LogP contribution in [0.15, 0.2) is 24.3 Å². The Morgan fingerprint density at radius 2 is 0.750 bits per heavy atom. The molecule has 10 nitrogen and oxygen atoms in total. The van der Waals surface area contributed by atoms with E-state index in [0.717, 1.165) is 61.0 Å².